The maximum absolute atomic E-state index is 12.0. The summed E-state index contributed by atoms with van der Waals surface area (Å²) in [6.45, 7) is -2.77. The van der Waals surface area contributed by atoms with Crippen molar-refractivity contribution in [1.82, 2.24) is 5.32 Å². The summed E-state index contributed by atoms with van der Waals surface area (Å²) in [6.07, 6.45) is 0. The third kappa shape index (κ3) is 3.88. The summed E-state index contributed by atoms with van der Waals surface area (Å²) in [5.74, 6) is -2.40. The van der Waals surface area contributed by atoms with Crippen LogP contribution in [-0.2, 0) is 9.53 Å². The number of rotatable bonds is 5. The summed E-state index contributed by atoms with van der Waals surface area (Å²) >= 11 is 0. The van der Waals surface area contributed by atoms with Gasteiger partial charge in [0.05, 0.1) is 19.3 Å². The van der Waals surface area contributed by atoms with E-state index in [0.717, 1.165) is 0 Å². The molecule has 114 valence electrons. The molecule has 2 N–H and O–H groups in total. The van der Waals surface area contributed by atoms with Gasteiger partial charge in [0.1, 0.15) is 11.7 Å². The van der Waals surface area contributed by atoms with Crippen LogP contribution in [0, 0.1) is 5.92 Å². The van der Waals surface area contributed by atoms with E-state index in [-0.39, 0.29) is 24.5 Å². The zero-order valence-corrected chi connectivity index (χ0v) is 10.8. The number of nitrogens with one attached hydrogen (secondary N) is 1. The predicted molar refractivity (Wildman–Crippen MR) is 66.3 cm³/mol. The Balaban J connectivity index is 1.98. The normalized spacial score (nSPS) is 21.3. The molecule has 1 aromatic carbocycles. The number of aliphatic carboxylic acids is 1. The standard InChI is InChI=1S/C13H13F2NO5/c14-13(15)21-8-3-1-7(2-4-8)11(17)16-10-6-20-5-9(10)12(18)19/h1-4,9-10,13H,5-6H2,(H,16,17)(H,18,19). The van der Waals surface area contributed by atoms with Crippen molar-refractivity contribution in [2.24, 2.45) is 5.92 Å². The molecule has 1 aliphatic rings. The number of carbonyl (C=O) groups is 2. The minimum atomic E-state index is -2.93. The summed E-state index contributed by atoms with van der Waals surface area (Å²) in [6, 6.07) is 4.49. The van der Waals surface area contributed by atoms with Crippen LogP contribution in [0.25, 0.3) is 0 Å². The van der Waals surface area contributed by atoms with Crippen LogP contribution in [0.15, 0.2) is 24.3 Å². The number of carbonyl (C=O) groups excluding carboxylic acids is 1. The van der Waals surface area contributed by atoms with Gasteiger partial charge in [0.2, 0.25) is 0 Å². The quantitative estimate of drug-likeness (QED) is 0.851. The Morgan fingerprint density at radius 2 is 1.95 bits per heavy atom. The third-order valence-electron chi connectivity index (χ3n) is 3.06. The summed E-state index contributed by atoms with van der Waals surface area (Å²) in [5, 5.41) is 11.5. The van der Waals surface area contributed by atoms with Crippen molar-refractivity contribution >= 4 is 11.9 Å². The third-order valence-corrected chi connectivity index (χ3v) is 3.06. The molecule has 1 saturated heterocycles. The van der Waals surface area contributed by atoms with E-state index in [1.165, 1.54) is 24.3 Å². The molecule has 0 saturated carbocycles. The molecule has 2 rings (SSSR count). The van der Waals surface area contributed by atoms with Crippen LogP contribution in [0.2, 0.25) is 0 Å². The maximum Gasteiger partial charge on any atom is 0.387 e. The summed E-state index contributed by atoms with van der Waals surface area (Å²) in [5.41, 5.74) is 0.215. The Kier molecular flexibility index (Phi) is 4.69. The lowest BCUT2D eigenvalue weighted by Crippen LogP contribution is -2.42. The Hall–Kier alpha value is -2.22. The highest BCUT2D eigenvalue weighted by Crippen LogP contribution is 2.17. The highest BCUT2D eigenvalue weighted by atomic mass is 19.3. The smallest absolute Gasteiger partial charge is 0.387 e. The Bertz CT molecular complexity index is 520. The van der Waals surface area contributed by atoms with Gasteiger partial charge in [-0.3, -0.25) is 9.59 Å². The van der Waals surface area contributed by atoms with Gasteiger partial charge in [-0.2, -0.15) is 8.78 Å². The lowest BCUT2D eigenvalue weighted by Gasteiger charge is -2.15. The largest absolute Gasteiger partial charge is 0.481 e. The van der Waals surface area contributed by atoms with E-state index in [1.807, 2.05) is 0 Å². The number of hydrogen-bond acceptors (Lipinski definition) is 4. The number of ether oxygens (including phenoxy) is 2. The first-order valence-electron chi connectivity index (χ1n) is 6.13. The van der Waals surface area contributed by atoms with E-state index in [1.54, 1.807) is 0 Å². The van der Waals surface area contributed by atoms with E-state index in [2.05, 4.69) is 10.1 Å². The zero-order chi connectivity index (χ0) is 15.4. The predicted octanol–water partition coefficient (Wildman–Crippen LogP) is 1.12. The number of benzene rings is 1. The average Bonchev–Trinajstić information content (AvgIpc) is 2.87. The molecule has 21 heavy (non-hydrogen) atoms. The van der Waals surface area contributed by atoms with Crippen LogP contribution in [0.5, 0.6) is 5.75 Å². The first-order valence-corrected chi connectivity index (χ1v) is 6.13. The molecule has 1 heterocycles. The first-order chi connectivity index (χ1) is 9.97. The molecule has 0 spiro atoms. The first kappa shape index (κ1) is 15.2. The number of carboxylic acid groups (broad SMARTS) is 1. The topological polar surface area (TPSA) is 84.9 Å². The molecule has 1 aromatic rings. The number of alkyl halides is 2. The van der Waals surface area contributed by atoms with Gasteiger partial charge in [0, 0.05) is 5.56 Å². The molecule has 2 unspecified atom stereocenters. The minimum Gasteiger partial charge on any atom is -0.481 e. The van der Waals surface area contributed by atoms with Gasteiger partial charge in [-0.05, 0) is 24.3 Å². The molecule has 1 fully saturated rings. The lowest BCUT2D eigenvalue weighted by molar-refractivity contribution is -0.142. The number of amides is 1. The van der Waals surface area contributed by atoms with Crippen molar-refractivity contribution in [2.75, 3.05) is 13.2 Å². The highest BCUT2D eigenvalue weighted by molar-refractivity contribution is 5.94. The van der Waals surface area contributed by atoms with E-state index in [0.29, 0.717) is 0 Å². The van der Waals surface area contributed by atoms with Gasteiger partial charge in [-0.15, -0.1) is 0 Å². The SMILES string of the molecule is O=C(NC1COCC1C(=O)O)c1ccc(OC(F)F)cc1. The number of carboxylic acids is 1. The molecule has 0 radical (unpaired) electrons. The highest BCUT2D eigenvalue weighted by Gasteiger charge is 2.35. The molecule has 2 atom stereocenters. The molecule has 8 heteroatoms. The average molecular weight is 301 g/mol. The van der Waals surface area contributed by atoms with E-state index in [4.69, 9.17) is 9.84 Å². The zero-order valence-electron chi connectivity index (χ0n) is 10.8. The molecular formula is C13H13F2NO5. The fraction of sp³-hybridized carbons (Fsp3) is 0.385. The van der Waals surface area contributed by atoms with Crippen LogP contribution in [0.4, 0.5) is 8.78 Å². The molecule has 6 nitrogen and oxygen atoms in total. The van der Waals surface area contributed by atoms with Gasteiger partial charge >= 0.3 is 12.6 Å². The van der Waals surface area contributed by atoms with E-state index in [9.17, 15) is 18.4 Å². The van der Waals surface area contributed by atoms with Gasteiger partial charge in [-0.1, -0.05) is 0 Å². The second-order valence-corrected chi connectivity index (χ2v) is 4.47. The van der Waals surface area contributed by atoms with Crippen LogP contribution >= 0.6 is 0 Å². The molecule has 1 aliphatic heterocycles. The fourth-order valence-electron chi connectivity index (χ4n) is 1.98. The van der Waals surface area contributed by atoms with Crippen LogP contribution < -0.4 is 10.1 Å². The second kappa shape index (κ2) is 6.49. The Morgan fingerprint density at radius 3 is 2.52 bits per heavy atom. The van der Waals surface area contributed by atoms with Gasteiger partial charge in [0.15, 0.2) is 0 Å². The maximum atomic E-state index is 12.0. The van der Waals surface area contributed by atoms with Crippen molar-refractivity contribution in [3.05, 3.63) is 29.8 Å². The lowest BCUT2D eigenvalue weighted by atomic mass is 10.0. The van der Waals surface area contributed by atoms with E-state index < -0.39 is 30.4 Å². The monoisotopic (exact) mass is 301 g/mol. The molecule has 0 aromatic heterocycles. The van der Waals surface area contributed by atoms with Crippen molar-refractivity contribution in [2.45, 2.75) is 12.7 Å². The van der Waals surface area contributed by atoms with Crippen molar-refractivity contribution in [1.29, 1.82) is 0 Å². The van der Waals surface area contributed by atoms with Gasteiger partial charge in [-0.25, -0.2) is 0 Å². The fourth-order valence-corrected chi connectivity index (χ4v) is 1.98. The van der Waals surface area contributed by atoms with Crippen molar-refractivity contribution in [3.8, 4) is 5.75 Å². The Labute approximate surface area is 118 Å². The minimum absolute atomic E-state index is 0.0431. The van der Waals surface area contributed by atoms with Crippen LogP contribution in [0.1, 0.15) is 10.4 Å². The van der Waals surface area contributed by atoms with Crippen LogP contribution in [0.3, 0.4) is 0 Å². The van der Waals surface area contributed by atoms with Crippen LogP contribution in [-0.4, -0.2) is 42.9 Å². The van der Waals surface area contributed by atoms with Gasteiger partial charge in [0.25, 0.3) is 5.91 Å². The van der Waals surface area contributed by atoms with E-state index >= 15 is 0 Å². The number of hydrogen-bond donors (Lipinski definition) is 2. The summed E-state index contributed by atoms with van der Waals surface area (Å²) in [7, 11) is 0. The van der Waals surface area contributed by atoms with Crippen molar-refractivity contribution < 1.29 is 33.0 Å². The van der Waals surface area contributed by atoms with Gasteiger partial charge < -0.3 is 19.9 Å². The molecule has 0 bridgehead atoms. The number of halogens is 2. The van der Waals surface area contributed by atoms with Crippen molar-refractivity contribution in [3.63, 3.8) is 0 Å². The summed E-state index contributed by atoms with van der Waals surface area (Å²) < 4.78 is 33.2. The molecule has 0 aliphatic carbocycles. The summed E-state index contributed by atoms with van der Waals surface area (Å²) in [4.78, 5) is 22.9. The molecular weight excluding hydrogens is 288 g/mol. The Morgan fingerprint density at radius 1 is 1.29 bits per heavy atom. The molecule has 1 amide bonds. The second-order valence-electron chi connectivity index (χ2n) is 4.47.